The maximum absolute atomic E-state index is 12.9. The van der Waals surface area contributed by atoms with Gasteiger partial charge in [-0.25, -0.2) is 13.6 Å². The SMILES string of the molecule is CCCCC(=O)Oc1c(S(N)(=O)=O)ccc(OC(F)(F)F)c1-c1ccccc1Cl. The molecular formula is C18H17ClF3NO5S. The Morgan fingerprint density at radius 3 is 2.38 bits per heavy atom. The van der Waals surface area contributed by atoms with Gasteiger partial charge in [-0.15, -0.1) is 13.2 Å². The topological polar surface area (TPSA) is 95.7 Å². The molecule has 2 aromatic carbocycles. The third-order valence-corrected chi connectivity index (χ3v) is 4.97. The number of primary sulfonamides is 1. The van der Waals surface area contributed by atoms with Gasteiger partial charge in [0.1, 0.15) is 10.6 Å². The van der Waals surface area contributed by atoms with Gasteiger partial charge >= 0.3 is 12.3 Å². The van der Waals surface area contributed by atoms with Crippen molar-refractivity contribution in [2.75, 3.05) is 0 Å². The molecule has 0 fully saturated rings. The highest BCUT2D eigenvalue weighted by Gasteiger charge is 2.35. The Balaban J connectivity index is 2.81. The van der Waals surface area contributed by atoms with Crippen molar-refractivity contribution in [2.24, 2.45) is 5.14 Å². The summed E-state index contributed by atoms with van der Waals surface area (Å²) in [5, 5.41) is 5.16. The van der Waals surface area contributed by atoms with Crippen LogP contribution in [0.5, 0.6) is 11.5 Å². The molecule has 11 heteroatoms. The van der Waals surface area contributed by atoms with Crippen LogP contribution in [0.4, 0.5) is 13.2 Å². The lowest BCUT2D eigenvalue weighted by atomic mass is 10.0. The smallest absolute Gasteiger partial charge is 0.424 e. The standard InChI is InChI=1S/C18H17ClF3NO5S/c1-2-3-8-15(24)27-17-14(29(23,25)26)10-9-13(28-18(20,21)22)16(17)11-6-4-5-7-12(11)19/h4-7,9-10H,2-3,8H2,1H3,(H2,23,25,26). The van der Waals surface area contributed by atoms with Gasteiger partial charge in [0.05, 0.1) is 5.56 Å². The van der Waals surface area contributed by atoms with Gasteiger partial charge in [0, 0.05) is 17.0 Å². The molecule has 0 saturated heterocycles. The second-order valence-corrected chi connectivity index (χ2v) is 7.85. The number of halogens is 4. The van der Waals surface area contributed by atoms with Gasteiger partial charge in [-0.2, -0.15) is 0 Å². The minimum atomic E-state index is -5.09. The fraction of sp³-hybridized carbons (Fsp3) is 0.278. The number of carbonyl (C=O) groups excluding carboxylic acids is 1. The highest BCUT2D eigenvalue weighted by Crippen LogP contribution is 2.46. The molecule has 2 N–H and O–H groups in total. The largest absolute Gasteiger partial charge is 0.573 e. The van der Waals surface area contributed by atoms with Gasteiger partial charge in [-0.05, 0) is 24.6 Å². The number of benzene rings is 2. The van der Waals surface area contributed by atoms with E-state index in [4.69, 9.17) is 21.5 Å². The summed E-state index contributed by atoms with van der Waals surface area (Å²) in [6, 6.07) is 7.24. The fourth-order valence-electron chi connectivity index (χ4n) is 2.49. The molecule has 0 aliphatic carbocycles. The fourth-order valence-corrected chi connectivity index (χ4v) is 3.38. The quantitative estimate of drug-likeness (QED) is 0.488. The third-order valence-electron chi connectivity index (χ3n) is 3.71. The first-order valence-corrected chi connectivity index (χ1v) is 10.3. The molecule has 29 heavy (non-hydrogen) atoms. The molecule has 0 aromatic heterocycles. The van der Waals surface area contributed by atoms with Gasteiger partial charge < -0.3 is 9.47 Å². The van der Waals surface area contributed by atoms with Gasteiger partial charge in [0.2, 0.25) is 10.0 Å². The van der Waals surface area contributed by atoms with Gasteiger partial charge in [0.25, 0.3) is 0 Å². The Kier molecular flexibility index (Phi) is 7.15. The lowest BCUT2D eigenvalue weighted by Gasteiger charge is -2.19. The zero-order chi connectivity index (χ0) is 21.8. The number of hydrogen-bond donors (Lipinski definition) is 1. The normalized spacial score (nSPS) is 11.9. The predicted molar refractivity (Wildman–Crippen MR) is 100 cm³/mol. The monoisotopic (exact) mass is 451 g/mol. The van der Waals surface area contributed by atoms with E-state index in [2.05, 4.69) is 4.74 Å². The number of ether oxygens (including phenoxy) is 2. The van der Waals surface area contributed by atoms with Gasteiger partial charge in [0.15, 0.2) is 5.75 Å². The van der Waals surface area contributed by atoms with E-state index >= 15 is 0 Å². The van der Waals surface area contributed by atoms with Crippen molar-refractivity contribution >= 4 is 27.6 Å². The molecule has 0 atom stereocenters. The minimum Gasteiger partial charge on any atom is -0.424 e. The molecular weight excluding hydrogens is 435 g/mol. The lowest BCUT2D eigenvalue weighted by molar-refractivity contribution is -0.274. The summed E-state index contributed by atoms with van der Waals surface area (Å²) in [5.74, 6) is -2.31. The maximum Gasteiger partial charge on any atom is 0.573 e. The molecule has 0 spiro atoms. The van der Waals surface area contributed by atoms with Crippen LogP contribution in [0.25, 0.3) is 11.1 Å². The Bertz CT molecular complexity index is 1010. The first-order valence-electron chi connectivity index (χ1n) is 8.35. The molecule has 0 saturated carbocycles. The number of rotatable bonds is 7. The summed E-state index contributed by atoms with van der Waals surface area (Å²) < 4.78 is 72.0. The molecule has 0 amide bonds. The molecule has 6 nitrogen and oxygen atoms in total. The molecule has 2 rings (SSSR count). The van der Waals surface area contributed by atoms with E-state index in [9.17, 15) is 26.4 Å². The number of carbonyl (C=O) groups is 1. The van der Waals surface area contributed by atoms with Crippen LogP contribution in [0.3, 0.4) is 0 Å². The van der Waals surface area contributed by atoms with Crippen molar-refractivity contribution in [3.8, 4) is 22.6 Å². The van der Waals surface area contributed by atoms with E-state index in [0.717, 1.165) is 12.1 Å². The Hall–Kier alpha value is -2.30. The molecule has 0 heterocycles. The highest BCUT2D eigenvalue weighted by molar-refractivity contribution is 7.89. The van der Waals surface area contributed by atoms with Crippen molar-refractivity contribution in [1.29, 1.82) is 0 Å². The number of alkyl halides is 3. The van der Waals surface area contributed by atoms with E-state index in [1.165, 1.54) is 24.3 Å². The molecule has 0 unspecified atom stereocenters. The van der Waals surface area contributed by atoms with Crippen LogP contribution in [0.15, 0.2) is 41.3 Å². The summed E-state index contributed by atoms with van der Waals surface area (Å²) in [6.07, 6.45) is -4.09. The number of unbranched alkanes of at least 4 members (excludes halogenated alkanes) is 1. The second kappa shape index (κ2) is 9.02. The van der Waals surface area contributed by atoms with E-state index < -0.39 is 44.3 Å². The number of nitrogens with two attached hydrogens (primary N) is 1. The van der Waals surface area contributed by atoms with E-state index in [1.54, 1.807) is 0 Å². The van der Waals surface area contributed by atoms with Crippen LogP contribution in [0.1, 0.15) is 26.2 Å². The zero-order valence-electron chi connectivity index (χ0n) is 15.1. The van der Waals surface area contributed by atoms with E-state index in [1.807, 2.05) is 6.92 Å². The predicted octanol–water partition coefficient (Wildman–Crippen LogP) is 4.65. The van der Waals surface area contributed by atoms with Crippen molar-refractivity contribution in [3.63, 3.8) is 0 Å². The lowest BCUT2D eigenvalue weighted by Crippen LogP contribution is -2.20. The molecule has 2 aromatic rings. The summed E-state index contributed by atoms with van der Waals surface area (Å²) in [6.45, 7) is 1.82. The van der Waals surface area contributed by atoms with Crippen molar-refractivity contribution in [2.45, 2.75) is 37.4 Å². The first kappa shape index (κ1) is 23.0. The number of hydrogen-bond acceptors (Lipinski definition) is 5. The van der Waals surface area contributed by atoms with Crippen molar-refractivity contribution in [1.82, 2.24) is 0 Å². The van der Waals surface area contributed by atoms with Crippen LogP contribution in [-0.4, -0.2) is 20.7 Å². The number of esters is 1. The molecule has 0 aliphatic heterocycles. The molecule has 0 bridgehead atoms. The summed E-state index contributed by atoms with van der Waals surface area (Å²) in [5.41, 5.74) is -0.485. The molecule has 0 aliphatic rings. The Morgan fingerprint density at radius 1 is 1.17 bits per heavy atom. The van der Waals surface area contributed by atoms with Crippen LogP contribution in [-0.2, 0) is 14.8 Å². The average molecular weight is 452 g/mol. The van der Waals surface area contributed by atoms with Crippen LogP contribution >= 0.6 is 11.6 Å². The Morgan fingerprint density at radius 2 is 1.83 bits per heavy atom. The second-order valence-electron chi connectivity index (χ2n) is 5.92. The summed E-state index contributed by atoms with van der Waals surface area (Å²) in [7, 11) is -4.46. The number of sulfonamides is 1. The highest BCUT2D eigenvalue weighted by atomic mass is 35.5. The minimum absolute atomic E-state index is 0.0167. The van der Waals surface area contributed by atoms with Crippen LogP contribution in [0.2, 0.25) is 5.02 Å². The third kappa shape index (κ3) is 6.09. The van der Waals surface area contributed by atoms with E-state index in [-0.39, 0.29) is 17.0 Å². The van der Waals surface area contributed by atoms with E-state index in [0.29, 0.717) is 12.8 Å². The van der Waals surface area contributed by atoms with Crippen LogP contribution in [0, 0.1) is 0 Å². The molecule has 0 radical (unpaired) electrons. The van der Waals surface area contributed by atoms with Crippen LogP contribution < -0.4 is 14.6 Å². The van der Waals surface area contributed by atoms with Gasteiger partial charge in [-0.1, -0.05) is 43.1 Å². The van der Waals surface area contributed by atoms with Crippen molar-refractivity contribution < 1.29 is 35.9 Å². The zero-order valence-corrected chi connectivity index (χ0v) is 16.7. The first-order chi connectivity index (χ1) is 13.4. The maximum atomic E-state index is 12.9. The average Bonchev–Trinajstić information content (AvgIpc) is 2.59. The van der Waals surface area contributed by atoms with Crippen molar-refractivity contribution in [3.05, 3.63) is 41.4 Å². The van der Waals surface area contributed by atoms with Gasteiger partial charge in [-0.3, -0.25) is 4.79 Å². The molecule has 158 valence electrons. The summed E-state index contributed by atoms with van der Waals surface area (Å²) in [4.78, 5) is 11.5. The summed E-state index contributed by atoms with van der Waals surface area (Å²) >= 11 is 6.10. The Labute approximate surface area is 170 Å².